The van der Waals surface area contributed by atoms with Crippen molar-refractivity contribution in [3.63, 3.8) is 0 Å². The van der Waals surface area contributed by atoms with Crippen molar-refractivity contribution in [2.75, 3.05) is 6.61 Å². The van der Waals surface area contributed by atoms with Crippen molar-refractivity contribution in [3.05, 3.63) is 0 Å². The summed E-state index contributed by atoms with van der Waals surface area (Å²) >= 11 is 0. The van der Waals surface area contributed by atoms with Gasteiger partial charge < -0.3 is 30.6 Å². The van der Waals surface area contributed by atoms with Crippen LogP contribution in [0.4, 0.5) is 0 Å². The molecule has 7 heteroatoms. The van der Waals surface area contributed by atoms with E-state index in [2.05, 4.69) is 20.8 Å². The Morgan fingerprint density at radius 3 is 2.18 bits per heavy atom. The van der Waals surface area contributed by atoms with Crippen molar-refractivity contribution in [3.8, 4) is 0 Å². The molecule has 2 spiro atoms. The van der Waals surface area contributed by atoms with Crippen molar-refractivity contribution in [2.24, 2.45) is 56.7 Å². The third kappa shape index (κ3) is 3.23. The molecule has 38 heavy (non-hydrogen) atoms. The Kier molecular flexibility index (Phi) is 6.54. The number of hydrogen-bond acceptors (Lipinski definition) is 6. The maximum Gasteiger partial charge on any atom is 0.312 e. The number of aliphatic hydroxyl groups excluding tert-OH is 4. The zero-order chi connectivity index (χ0) is 28.3. The van der Waals surface area contributed by atoms with Crippen LogP contribution in [0, 0.1) is 56.7 Å². The van der Waals surface area contributed by atoms with Crippen molar-refractivity contribution >= 4 is 5.97 Å². The van der Waals surface area contributed by atoms with Gasteiger partial charge in [-0.1, -0.05) is 34.6 Å². The molecule has 13 atom stereocenters. The van der Waals surface area contributed by atoms with E-state index in [1.807, 2.05) is 13.8 Å². The SMILES string of the molecule is CC(C)[C@](O)(CO)CC[C@@H](C)[C@H]1[C@@H](O)C[C@@]2(C)[C@@H]3CC[C@H]4[C@](C)(C(=O)O)[C@@H](O)C[C@H](O)[C@@]45C[C@@]35CC[C@]12C. The summed E-state index contributed by atoms with van der Waals surface area (Å²) < 4.78 is 0. The third-order valence-electron chi connectivity index (χ3n) is 14.3. The maximum atomic E-state index is 12.5. The van der Waals surface area contributed by atoms with Gasteiger partial charge in [-0.15, -0.1) is 0 Å². The van der Waals surface area contributed by atoms with Gasteiger partial charge in [0.05, 0.1) is 35.9 Å². The third-order valence-corrected chi connectivity index (χ3v) is 14.3. The molecule has 0 aromatic heterocycles. The van der Waals surface area contributed by atoms with E-state index in [1.165, 1.54) is 0 Å². The summed E-state index contributed by atoms with van der Waals surface area (Å²) in [4.78, 5) is 12.5. The van der Waals surface area contributed by atoms with E-state index >= 15 is 0 Å². The number of aliphatic carboxylic acids is 1. The Labute approximate surface area is 228 Å². The van der Waals surface area contributed by atoms with Crippen LogP contribution in [0.1, 0.15) is 99.3 Å². The lowest BCUT2D eigenvalue weighted by molar-refractivity contribution is -0.210. The zero-order valence-corrected chi connectivity index (χ0v) is 24.3. The molecule has 0 aromatic carbocycles. The second kappa shape index (κ2) is 8.64. The number of carbonyl (C=O) groups is 1. The van der Waals surface area contributed by atoms with Gasteiger partial charge in [0.25, 0.3) is 0 Å². The highest BCUT2D eigenvalue weighted by molar-refractivity contribution is 5.76. The van der Waals surface area contributed by atoms with Gasteiger partial charge in [0.15, 0.2) is 0 Å². The van der Waals surface area contributed by atoms with E-state index in [9.17, 15) is 35.4 Å². The first-order valence-corrected chi connectivity index (χ1v) is 15.1. The second-order valence-corrected chi connectivity index (χ2v) is 15.5. The first kappa shape index (κ1) is 28.8. The number of carboxylic acids is 1. The molecule has 5 fully saturated rings. The molecule has 0 saturated heterocycles. The van der Waals surface area contributed by atoms with Gasteiger partial charge in [-0.3, -0.25) is 4.79 Å². The smallest absolute Gasteiger partial charge is 0.312 e. The molecule has 0 bridgehead atoms. The Morgan fingerprint density at radius 1 is 0.974 bits per heavy atom. The summed E-state index contributed by atoms with van der Waals surface area (Å²) in [6, 6.07) is 0. The van der Waals surface area contributed by atoms with Crippen molar-refractivity contribution in [1.82, 2.24) is 0 Å². The van der Waals surface area contributed by atoms with Gasteiger partial charge in [0.1, 0.15) is 0 Å². The summed E-state index contributed by atoms with van der Waals surface area (Å²) in [6.45, 7) is 12.2. The predicted octanol–water partition coefficient (Wildman–Crippen LogP) is 3.59. The molecule has 7 nitrogen and oxygen atoms in total. The van der Waals surface area contributed by atoms with Crippen molar-refractivity contribution in [1.29, 1.82) is 0 Å². The van der Waals surface area contributed by atoms with Crippen LogP contribution in [0.2, 0.25) is 0 Å². The average Bonchev–Trinajstić information content (AvgIpc) is 3.48. The lowest BCUT2D eigenvalue weighted by Crippen LogP contribution is -2.63. The molecule has 0 heterocycles. The van der Waals surface area contributed by atoms with Crippen LogP contribution in [0.25, 0.3) is 0 Å². The van der Waals surface area contributed by atoms with Crippen LogP contribution >= 0.6 is 0 Å². The fourth-order valence-electron chi connectivity index (χ4n) is 11.7. The number of fused-ring (bicyclic) bond motifs is 2. The van der Waals surface area contributed by atoms with Crippen LogP contribution < -0.4 is 0 Å². The quantitative estimate of drug-likeness (QED) is 0.292. The van der Waals surface area contributed by atoms with Crippen molar-refractivity contribution < 1.29 is 35.4 Å². The van der Waals surface area contributed by atoms with Crippen LogP contribution in [0.5, 0.6) is 0 Å². The molecule has 0 aromatic rings. The van der Waals surface area contributed by atoms with Gasteiger partial charge in [-0.2, -0.15) is 0 Å². The Bertz CT molecular complexity index is 970. The standard InChI is InChI=1S/C31H52O7/c1-17(2)30(38,16-32)10-9-18(3)24-19(33)14-27(5)20-7-8-21-28(6,25(36)37)22(34)13-23(35)31(21)15-29(20,31)12-11-26(24,27)4/h17-24,32-35,38H,7-16H2,1-6H3,(H,36,37)/t18-,19+,20+,21+,22+,23+,24+,26-,27+,28+,29+,30-,31-/m1/s1. The molecular formula is C31H52O7. The Hall–Kier alpha value is -0.730. The van der Waals surface area contributed by atoms with Gasteiger partial charge in [-0.25, -0.2) is 0 Å². The fourth-order valence-corrected chi connectivity index (χ4v) is 11.7. The molecule has 5 rings (SSSR count). The van der Waals surface area contributed by atoms with E-state index in [0.29, 0.717) is 25.2 Å². The average molecular weight is 537 g/mol. The highest BCUT2D eigenvalue weighted by atomic mass is 16.4. The topological polar surface area (TPSA) is 138 Å². The zero-order valence-electron chi connectivity index (χ0n) is 24.3. The normalized spacial score (nSPS) is 53.8. The predicted molar refractivity (Wildman–Crippen MR) is 143 cm³/mol. The molecule has 0 aliphatic heterocycles. The monoisotopic (exact) mass is 536 g/mol. The molecule has 6 N–H and O–H groups in total. The molecule has 5 aliphatic rings. The molecule has 0 amide bonds. The van der Waals surface area contributed by atoms with Gasteiger partial charge in [-0.05, 0) is 104 Å². The summed E-state index contributed by atoms with van der Waals surface area (Å²) in [6.07, 6.45) is 4.08. The minimum atomic E-state index is -1.25. The molecule has 5 aliphatic carbocycles. The molecule has 218 valence electrons. The number of aliphatic hydroxyl groups is 5. The van der Waals surface area contributed by atoms with Gasteiger partial charge >= 0.3 is 5.97 Å². The summed E-state index contributed by atoms with van der Waals surface area (Å²) in [5, 5.41) is 65.0. The number of rotatable bonds is 7. The first-order chi connectivity index (χ1) is 17.5. The lowest BCUT2D eigenvalue weighted by atomic mass is 9.41. The molecule has 0 radical (unpaired) electrons. The van der Waals surface area contributed by atoms with Crippen LogP contribution in [0.3, 0.4) is 0 Å². The summed E-state index contributed by atoms with van der Waals surface area (Å²) in [5.74, 6) is -0.703. The Morgan fingerprint density at radius 2 is 1.61 bits per heavy atom. The van der Waals surface area contributed by atoms with Crippen LogP contribution in [-0.2, 0) is 4.79 Å². The molecule has 5 saturated carbocycles. The first-order valence-electron chi connectivity index (χ1n) is 15.1. The summed E-state index contributed by atoms with van der Waals surface area (Å²) in [5.41, 5.74) is -3.21. The molecule has 0 unspecified atom stereocenters. The van der Waals surface area contributed by atoms with Gasteiger partial charge in [0, 0.05) is 11.8 Å². The van der Waals surface area contributed by atoms with E-state index in [0.717, 1.165) is 32.1 Å². The largest absolute Gasteiger partial charge is 0.481 e. The number of hydrogen-bond donors (Lipinski definition) is 6. The van der Waals surface area contributed by atoms with Crippen LogP contribution in [0.15, 0.2) is 0 Å². The van der Waals surface area contributed by atoms with E-state index in [4.69, 9.17) is 0 Å². The molecular weight excluding hydrogens is 484 g/mol. The van der Waals surface area contributed by atoms with Crippen molar-refractivity contribution in [2.45, 2.75) is 123 Å². The lowest BCUT2D eigenvalue weighted by Gasteiger charge is -2.63. The van der Waals surface area contributed by atoms with Crippen LogP contribution in [-0.4, -0.2) is 67.1 Å². The van der Waals surface area contributed by atoms with E-state index in [1.54, 1.807) is 6.92 Å². The summed E-state index contributed by atoms with van der Waals surface area (Å²) in [7, 11) is 0. The van der Waals surface area contributed by atoms with Gasteiger partial charge in [0.2, 0.25) is 0 Å². The van der Waals surface area contributed by atoms with E-state index in [-0.39, 0.29) is 52.9 Å². The minimum absolute atomic E-state index is 0.0539. The van der Waals surface area contributed by atoms with E-state index < -0.39 is 40.7 Å². The Balaban J connectivity index is 1.45. The minimum Gasteiger partial charge on any atom is -0.481 e. The fraction of sp³-hybridized carbons (Fsp3) is 0.968. The highest BCUT2D eigenvalue weighted by Crippen LogP contribution is 2.89. The second-order valence-electron chi connectivity index (χ2n) is 15.5. The maximum absolute atomic E-state index is 12.5. The number of carboxylic acid groups (broad SMARTS) is 1. The highest BCUT2D eigenvalue weighted by Gasteiger charge is 2.86.